The maximum atomic E-state index is 4.49. The van der Waals surface area contributed by atoms with Crippen LogP contribution in [0, 0.1) is 34.5 Å². The van der Waals surface area contributed by atoms with Gasteiger partial charge in [0.25, 0.3) is 0 Å². The van der Waals surface area contributed by atoms with E-state index >= 15 is 0 Å². The second kappa shape index (κ2) is 5.73. The van der Waals surface area contributed by atoms with Crippen molar-refractivity contribution in [1.82, 2.24) is 0 Å². The molecule has 0 N–H and O–H groups in total. The zero-order valence-electron chi connectivity index (χ0n) is 16.8. The van der Waals surface area contributed by atoms with Crippen molar-refractivity contribution in [2.24, 2.45) is 34.5 Å². The Balaban J connectivity index is 1.74. The number of rotatable bonds is 2. The zero-order valence-corrected chi connectivity index (χ0v) is 16.8. The minimum absolute atomic E-state index is 0.328. The average molecular weight is 337 g/mol. The summed E-state index contributed by atoms with van der Waals surface area (Å²) >= 11 is 0. The normalized spacial score (nSPS) is 45.8. The Bertz CT molecular complexity index is 674. The molecule has 4 rings (SSSR count). The third kappa shape index (κ3) is 2.32. The van der Waals surface area contributed by atoms with E-state index in [1.807, 2.05) is 0 Å². The topological polar surface area (TPSA) is 0 Å². The smallest absolute Gasteiger partial charge is 0.0101 e. The number of hydrogen-bond donors (Lipinski definition) is 0. The van der Waals surface area contributed by atoms with E-state index in [0.29, 0.717) is 10.8 Å². The van der Waals surface area contributed by atoms with Crippen molar-refractivity contribution in [2.45, 2.75) is 72.6 Å². The van der Waals surface area contributed by atoms with Gasteiger partial charge in [-0.25, -0.2) is 0 Å². The Morgan fingerprint density at radius 3 is 2.76 bits per heavy atom. The molecule has 0 aromatic heterocycles. The van der Waals surface area contributed by atoms with Gasteiger partial charge in [0.1, 0.15) is 0 Å². The summed E-state index contributed by atoms with van der Waals surface area (Å²) in [6, 6.07) is 0. The highest BCUT2D eigenvalue weighted by molar-refractivity contribution is 5.43. The van der Waals surface area contributed by atoms with Gasteiger partial charge in [0.05, 0.1) is 0 Å². The lowest BCUT2D eigenvalue weighted by Crippen LogP contribution is -2.44. The second-order valence-electron chi connectivity index (χ2n) is 9.98. The van der Waals surface area contributed by atoms with E-state index in [-0.39, 0.29) is 0 Å². The quantitative estimate of drug-likeness (QED) is 0.466. The number of fused-ring (bicyclic) bond motifs is 5. The molecule has 0 radical (unpaired) electrons. The molecule has 0 aromatic carbocycles. The van der Waals surface area contributed by atoms with E-state index in [1.54, 1.807) is 11.1 Å². The molecule has 136 valence electrons. The first-order valence-corrected chi connectivity index (χ1v) is 10.6. The predicted molar refractivity (Wildman–Crippen MR) is 108 cm³/mol. The van der Waals surface area contributed by atoms with Crippen LogP contribution in [0.3, 0.4) is 0 Å². The Hall–Kier alpha value is -1.04. The first kappa shape index (κ1) is 17.4. The van der Waals surface area contributed by atoms with Gasteiger partial charge in [-0.1, -0.05) is 75.3 Å². The summed E-state index contributed by atoms with van der Waals surface area (Å²) in [6.07, 6.45) is 14.1. The predicted octanol–water partition coefficient (Wildman–Crippen LogP) is 7.25. The monoisotopic (exact) mass is 336 g/mol. The minimum Gasteiger partial charge on any atom is -0.0996 e. The largest absolute Gasteiger partial charge is 0.0996 e. The van der Waals surface area contributed by atoms with Gasteiger partial charge < -0.3 is 0 Å². The number of hydrogen-bond acceptors (Lipinski definition) is 0. The van der Waals surface area contributed by atoms with Crippen molar-refractivity contribution in [3.05, 3.63) is 47.6 Å². The lowest BCUT2D eigenvalue weighted by Gasteiger charge is -2.54. The van der Waals surface area contributed by atoms with Gasteiger partial charge in [-0.05, 0) is 74.0 Å². The Kier molecular flexibility index (Phi) is 3.98. The number of allylic oxidation sites excluding steroid dienone is 6. The molecule has 4 aliphatic carbocycles. The molecule has 0 nitrogen and oxygen atoms in total. The second-order valence-corrected chi connectivity index (χ2v) is 9.98. The summed E-state index contributed by atoms with van der Waals surface area (Å²) in [5, 5.41) is 0. The third-order valence-electron chi connectivity index (χ3n) is 8.69. The molecule has 2 fully saturated rings. The standard InChI is InChI=1S/C25H36/c1-7-17(3)23-18(4)15-22-20-9-8-19-14-16(2)10-12-24(19,5)21(20)11-13-25(22,23)6/h11,14,18,20,22-23H,2-3,7-10,12-13,15H2,1,4-6H3/t18-,20?,22?,23?,24?,25?/m1/s1. The van der Waals surface area contributed by atoms with Crippen LogP contribution >= 0.6 is 0 Å². The highest BCUT2D eigenvalue weighted by Crippen LogP contribution is 2.66. The van der Waals surface area contributed by atoms with Crippen molar-refractivity contribution in [3.63, 3.8) is 0 Å². The fourth-order valence-corrected chi connectivity index (χ4v) is 7.40. The van der Waals surface area contributed by atoms with Crippen LogP contribution in [0.4, 0.5) is 0 Å². The molecule has 2 saturated carbocycles. The summed E-state index contributed by atoms with van der Waals surface area (Å²) < 4.78 is 0. The van der Waals surface area contributed by atoms with E-state index in [4.69, 9.17) is 0 Å². The summed E-state index contributed by atoms with van der Waals surface area (Å²) in [7, 11) is 0. The molecule has 0 bridgehead atoms. The van der Waals surface area contributed by atoms with Crippen LogP contribution in [-0.2, 0) is 0 Å². The first-order valence-electron chi connectivity index (χ1n) is 10.6. The highest BCUT2D eigenvalue weighted by atomic mass is 14.6. The molecular formula is C25H36. The lowest BCUT2D eigenvalue weighted by atomic mass is 9.51. The van der Waals surface area contributed by atoms with Crippen molar-refractivity contribution >= 4 is 0 Å². The van der Waals surface area contributed by atoms with Crippen LogP contribution in [0.5, 0.6) is 0 Å². The first-order chi connectivity index (χ1) is 11.8. The van der Waals surface area contributed by atoms with Crippen LogP contribution < -0.4 is 0 Å². The van der Waals surface area contributed by atoms with Crippen molar-refractivity contribution < 1.29 is 0 Å². The summed E-state index contributed by atoms with van der Waals surface area (Å²) in [5.74, 6) is 3.19. The van der Waals surface area contributed by atoms with Crippen LogP contribution in [0.1, 0.15) is 72.6 Å². The Labute approximate surface area is 155 Å². The van der Waals surface area contributed by atoms with E-state index in [0.717, 1.165) is 30.1 Å². The fourth-order valence-electron chi connectivity index (χ4n) is 7.40. The lowest BCUT2D eigenvalue weighted by molar-refractivity contribution is 0.0942. The molecule has 4 aliphatic rings. The minimum atomic E-state index is 0.328. The van der Waals surface area contributed by atoms with Gasteiger partial charge in [0.15, 0.2) is 0 Å². The molecule has 5 unspecified atom stereocenters. The SMILES string of the molecule is C=C1C=C2CCC3C(=CCC4(C)C3C[C@@H](C)C4C(=C)CC)C2(C)CC1. The van der Waals surface area contributed by atoms with Crippen molar-refractivity contribution in [2.75, 3.05) is 0 Å². The molecule has 0 aromatic rings. The van der Waals surface area contributed by atoms with Crippen LogP contribution in [0.15, 0.2) is 47.6 Å². The van der Waals surface area contributed by atoms with Crippen LogP contribution in [-0.4, -0.2) is 0 Å². The molecule has 0 aliphatic heterocycles. The van der Waals surface area contributed by atoms with Gasteiger partial charge in [-0.15, -0.1) is 0 Å². The average Bonchev–Trinajstić information content (AvgIpc) is 2.85. The van der Waals surface area contributed by atoms with Gasteiger partial charge >= 0.3 is 0 Å². The fraction of sp³-hybridized carbons (Fsp3) is 0.680. The van der Waals surface area contributed by atoms with E-state index in [9.17, 15) is 0 Å². The maximum Gasteiger partial charge on any atom is 0.0101 e. The zero-order chi connectivity index (χ0) is 18.0. The Morgan fingerprint density at radius 1 is 1.28 bits per heavy atom. The summed E-state index contributed by atoms with van der Waals surface area (Å²) in [5.41, 5.74) is 7.10. The van der Waals surface area contributed by atoms with Crippen LogP contribution in [0.2, 0.25) is 0 Å². The molecule has 0 heterocycles. The molecule has 25 heavy (non-hydrogen) atoms. The van der Waals surface area contributed by atoms with Gasteiger partial charge in [-0.2, -0.15) is 0 Å². The summed E-state index contributed by atoms with van der Waals surface area (Å²) in [6.45, 7) is 18.7. The molecule has 0 amide bonds. The van der Waals surface area contributed by atoms with E-state index < -0.39 is 0 Å². The van der Waals surface area contributed by atoms with Crippen molar-refractivity contribution in [3.8, 4) is 0 Å². The van der Waals surface area contributed by atoms with Gasteiger partial charge in [0, 0.05) is 5.41 Å². The molecular weight excluding hydrogens is 300 g/mol. The van der Waals surface area contributed by atoms with E-state index in [1.165, 1.54) is 49.7 Å². The third-order valence-corrected chi connectivity index (χ3v) is 8.69. The molecule has 0 spiro atoms. The highest BCUT2D eigenvalue weighted by Gasteiger charge is 2.57. The van der Waals surface area contributed by atoms with Crippen LogP contribution in [0.25, 0.3) is 0 Å². The van der Waals surface area contributed by atoms with E-state index in [2.05, 4.69) is 53.0 Å². The summed E-state index contributed by atoms with van der Waals surface area (Å²) in [4.78, 5) is 0. The van der Waals surface area contributed by atoms with Gasteiger partial charge in [0.2, 0.25) is 0 Å². The molecule has 0 saturated heterocycles. The Morgan fingerprint density at radius 2 is 2.04 bits per heavy atom. The van der Waals surface area contributed by atoms with Gasteiger partial charge in [-0.3, -0.25) is 0 Å². The van der Waals surface area contributed by atoms with Crippen molar-refractivity contribution in [1.29, 1.82) is 0 Å². The molecule has 0 heteroatoms. The maximum absolute atomic E-state index is 4.49. The molecule has 6 atom stereocenters.